The standard InChI is InChI=1S/C14H24N4O2S/c1-10-6-18(7-11(2)20-10)8-12-9-21-14(16-12)17-13(19)4-3-5-15/h9-11H,3-8,15H2,1-2H3,(H,16,17,19). The molecule has 21 heavy (non-hydrogen) atoms. The Morgan fingerprint density at radius 1 is 1.52 bits per heavy atom. The molecule has 2 rings (SSSR count). The van der Waals surface area contributed by atoms with Crippen molar-refractivity contribution in [2.24, 2.45) is 5.73 Å². The maximum absolute atomic E-state index is 11.6. The number of carbonyl (C=O) groups is 1. The fourth-order valence-electron chi connectivity index (χ4n) is 2.52. The highest BCUT2D eigenvalue weighted by Crippen LogP contribution is 2.19. The monoisotopic (exact) mass is 312 g/mol. The summed E-state index contributed by atoms with van der Waals surface area (Å²) in [5.41, 5.74) is 6.39. The van der Waals surface area contributed by atoms with Crippen molar-refractivity contribution < 1.29 is 9.53 Å². The lowest BCUT2D eigenvalue weighted by molar-refractivity contribution is -0.116. The number of aromatic nitrogens is 1. The van der Waals surface area contributed by atoms with Crippen LogP contribution in [0.3, 0.4) is 0 Å². The van der Waals surface area contributed by atoms with Gasteiger partial charge in [-0.15, -0.1) is 11.3 Å². The first-order valence-corrected chi connectivity index (χ1v) is 8.27. The van der Waals surface area contributed by atoms with Crippen molar-refractivity contribution in [2.75, 3.05) is 25.0 Å². The minimum Gasteiger partial charge on any atom is -0.373 e. The number of nitrogens with zero attached hydrogens (tertiary/aromatic N) is 2. The average Bonchev–Trinajstić information content (AvgIpc) is 2.82. The van der Waals surface area contributed by atoms with Crippen LogP contribution in [-0.2, 0) is 16.1 Å². The zero-order valence-corrected chi connectivity index (χ0v) is 13.5. The Morgan fingerprint density at radius 3 is 2.90 bits per heavy atom. The molecule has 0 spiro atoms. The summed E-state index contributed by atoms with van der Waals surface area (Å²) in [6, 6.07) is 0. The lowest BCUT2D eigenvalue weighted by atomic mass is 10.2. The van der Waals surface area contributed by atoms with E-state index in [1.807, 2.05) is 5.38 Å². The van der Waals surface area contributed by atoms with Gasteiger partial charge in [0, 0.05) is 31.4 Å². The number of anilines is 1. The fraction of sp³-hybridized carbons (Fsp3) is 0.714. The van der Waals surface area contributed by atoms with Crippen molar-refractivity contribution >= 4 is 22.4 Å². The lowest BCUT2D eigenvalue weighted by Crippen LogP contribution is -2.44. The molecule has 2 heterocycles. The Bertz CT molecular complexity index is 456. The summed E-state index contributed by atoms with van der Waals surface area (Å²) in [5, 5.41) is 5.49. The molecule has 7 heteroatoms. The summed E-state index contributed by atoms with van der Waals surface area (Å²) in [5.74, 6) is -0.0185. The molecule has 3 N–H and O–H groups in total. The van der Waals surface area contributed by atoms with Gasteiger partial charge < -0.3 is 15.8 Å². The first-order valence-electron chi connectivity index (χ1n) is 7.39. The molecule has 1 aromatic rings. The van der Waals surface area contributed by atoms with Gasteiger partial charge in [-0.1, -0.05) is 0 Å². The Balaban J connectivity index is 1.83. The number of hydrogen-bond donors (Lipinski definition) is 2. The fourth-order valence-corrected chi connectivity index (χ4v) is 3.24. The molecule has 0 radical (unpaired) electrons. The van der Waals surface area contributed by atoms with Crippen molar-refractivity contribution in [1.29, 1.82) is 0 Å². The second-order valence-corrected chi connectivity index (χ2v) is 6.39. The molecule has 0 saturated carbocycles. The number of thiazole rings is 1. The van der Waals surface area contributed by atoms with Crippen LogP contribution in [0, 0.1) is 0 Å². The largest absolute Gasteiger partial charge is 0.373 e. The van der Waals surface area contributed by atoms with Crippen molar-refractivity contribution in [3.8, 4) is 0 Å². The second kappa shape index (κ2) is 7.84. The molecule has 0 aromatic carbocycles. The number of nitrogens with two attached hydrogens (primary N) is 1. The minimum absolute atomic E-state index is 0.0185. The van der Waals surface area contributed by atoms with E-state index in [1.54, 1.807) is 0 Å². The first-order chi connectivity index (χ1) is 10.1. The second-order valence-electron chi connectivity index (χ2n) is 5.54. The van der Waals surface area contributed by atoms with Gasteiger partial charge in [-0.05, 0) is 26.8 Å². The van der Waals surface area contributed by atoms with Crippen molar-refractivity contribution in [3.05, 3.63) is 11.1 Å². The topological polar surface area (TPSA) is 80.5 Å². The van der Waals surface area contributed by atoms with E-state index in [4.69, 9.17) is 10.5 Å². The average molecular weight is 312 g/mol. The van der Waals surface area contributed by atoms with E-state index in [1.165, 1.54) is 11.3 Å². The van der Waals surface area contributed by atoms with E-state index in [0.29, 0.717) is 24.5 Å². The summed E-state index contributed by atoms with van der Waals surface area (Å²) in [7, 11) is 0. The number of rotatable bonds is 6. The van der Waals surface area contributed by atoms with Gasteiger partial charge >= 0.3 is 0 Å². The summed E-state index contributed by atoms with van der Waals surface area (Å²) >= 11 is 1.47. The smallest absolute Gasteiger partial charge is 0.226 e. The summed E-state index contributed by atoms with van der Waals surface area (Å²) < 4.78 is 5.72. The van der Waals surface area contributed by atoms with Gasteiger partial charge in [-0.2, -0.15) is 0 Å². The predicted molar refractivity (Wildman–Crippen MR) is 84.3 cm³/mol. The first kappa shape index (κ1) is 16.4. The Morgan fingerprint density at radius 2 is 2.24 bits per heavy atom. The molecule has 118 valence electrons. The van der Waals surface area contributed by atoms with Crippen LogP contribution in [0.4, 0.5) is 5.13 Å². The van der Waals surface area contributed by atoms with Crippen molar-refractivity contribution in [3.63, 3.8) is 0 Å². The van der Waals surface area contributed by atoms with Crippen LogP contribution in [-0.4, -0.2) is 47.6 Å². The molecule has 2 unspecified atom stereocenters. The molecular weight excluding hydrogens is 288 g/mol. The van der Waals surface area contributed by atoms with Crippen LogP contribution >= 0.6 is 11.3 Å². The molecule has 1 fully saturated rings. The molecule has 6 nitrogen and oxygen atoms in total. The van der Waals surface area contributed by atoms with Gasteiger partial charge in [-0.25, -0.2) is 4.98 Å². The van der Waals surface area contributed by atoms with Gasteiger partial charge in [0.2, 0.25) is 5.91 Å². The maximum Gasteiger partial charge on any atom is 0.226 e. The van der Waals surface area contributed by atoms with Crippen LogP contribution in [0.15, 0.2) is 5.38 Å². The van der Waals surface area contributed by atoms with Crippen LogP contribution in [0.1, 0.15) is 32.4 Å². The van der Waals surface area contributed by atoms with Gasteiger partial charge in [0.05, 0.1) is 17.9 Å². The molecule has 0 aliphatic carbocycles. The summed E-state index contributed by atoms with van der Waals surface area (Å²) in [4.78, 5) is 18.4. The number of nitrogens with one attached hydrogen (secondary N) is 1. The predicted octanol–water partition coefficient (Wildman–Crippen LogP) is 1.43. The molecule has 1 saturated heterocycles. The van der Waals surface area contributed by atoms with E-state index >= 15 is 0 Å². The van der Waals surface area contributed by atoms with E-state index < -0.39 is 0 Å². The number of ether oxygens (including phenoxy) is 1. The SMILES string of the molecule is CC1CN(Cc2csc(NC(=O)CCCN)n2)CC(C)O1. The molecule has 0 bridgehead atoms. The highest BCUT2D eigenvalue weighted by molar-refractivity contribution is 7.13. The third kappa shape index (κ3) is 5.35. The third-order valence-corrected chi connectivity index (χ3v) is 4.09. The van der Waals surface area contributed by atoms with Crippen LogP contribution in [0.2, 0.25) is 0 Å². The summed E-state index contributed by atoms with van der Waals surface area (Å²) in [6.07, 6.45) is 1.66. The third-order valence-electron chi connectivity index (χ3n) is 3.29. The van der Waals surface area contributed by atoms with E-state index in [9.17, 15) is 4.79 Å². The van der Waals surface area contributed by atoms with Gasteiger partial charge in [-0.3, -0.25) is 9.69 Å². The van der Waals surface area contributed by atoms with E-state index in [0.717, 1.165) is 25.3 Å². The summed E-state index contributed by atoms with van der Waals surface area (Å²) in [6.45, 7) is 7.34. The van der Waals surface area contributed by atoms with Crippen molar-refractivity contribution in [2.45, 2.75) is 45.4 Å². The number of hydrogen-bond acceptors (Lipinski definition) is 6. The number of morpholine rings is 1. The zero-order valence-electron chi connectivity index (χ0n) is 12.7. The van der Waals surface area contributed by atoms with Gasteiger partial charge in [0.1, 0.15) is 0 Å². The normalized spacial score (nSPS) is 23.2. The molecule has 2 atom stereocenters. The Labute approximate surface area is 129 Å². The Hall–Kier alpha value is -1.02. The van der Waals surface area contributed by atoms with E-state index in [-0.39, 0.29) is 18.1 Å². The molecule has 1 aromatic heterocycles. The van der Waals surface area contributed by atoms with Crippen LogP contribution < -0.4 is 11.1 Å². The minimum atomic E-state index is -0.0185. The molecule has 1 aliphatic heterocycles. The van der Waals surface area contributed by atoms with Gasteiger partial charge in [0.15, 0.2) is 5.13 Å². The highest BCUT2D eigenvalue weighted by atomic mass is 32.1. The quantitative estimate of drug-likeness (QED) is 0.830. The zero-order chi connectivity index (χ0) is 15.2. The Kier molecular flexibility index (Phi) is 6.10. The molecule has 1 aliphatic rings. The highest BCUT2D eigenvalue weighted by Gasteiger charge is 2.22. The number of carbonyl (C=O) groups excluding carboxylic acids is 1. The lowest BCUT2D eigenvalue weighted by Gasteiger charge is -2.34. The van der Waals surface area contributed by atoms with Crippen LogP contribution in [0.25, 0.3) is 0 Å². The van der Waals surface area contributed by atoms with E-state index in [2.05, 4.69) is 29.0 Å². The van der Waals surface area contributed by atoms with Gasteiger partial charge in [0.25, 0.3) is 0 Å². The number of amides is 1. The molecule has 1 amide bonds. The maximum atomic E-state index is 11.6. The molecular formula is C14H24N4O2S. The van der Waals surface area contributed by atoms with Crippen molar-refractivity contribution in [1.82, 2.24) is 9.88 Å². The van der Waals surface area contributed by atoms with Crippen LogP contribution in [0.5, 0.6) is 0 Å².